The Balaban J connectivity index is 1.75. The van der Waals surface area contributed by atoms with E-state index in [2.05, 4.69) is 19.6 Å². The minimum Gasteiger partial charge on any atom is -0.379 e. The highest BCUT2D eigenvalue weighted by atomic mass is 32.2. The lowest BCUT2D eigenvalue weighted by Crippen LogP contribution is -2.36. The number of hydrogen-bond donors (Lipinski definition) is 1. The second-order valence-corrected chi connectivity index (χ2v) is 9.79. The van der Waals surface area contributed by atoms with E-state index in [1.54, 1.807) is 0 Å². The maximum Gasteiger partial charge on any atom is 0.263 e. The Bertz CT molecular complexity index is 1160. The molecule has 1 aliphatic rings. The van der Waals surface area contributed by atoms with Crippen LogP contribution in [0.2, 0.25) is 0 Å². The molecule has 1 N–H and O–H groups in total. The molecule has 0 saturated carbocycles. The number of benzene rings is 1. The van der Waals surface area contributed by atoms with Crippen LogP contribution in [-0.4, -0.2) is 49.6 Å². The third-order valence-electron chi connectivity index (χ3n) is 4.88. The van der Waals surface area contributed by atoms with Crippen molar-refractivity contribution in [2.45, 2.75) is 25.3 Å². The molecule has 0 bridgehead atoms. The Kier molecular flexibility index (Phi) is 5.52. The summed E-state index contributed by atoms with van der Waals surface area (Å²) in [5.41, 5.74) is 0.930. The van der Waals surface area contributed by atoms with Crippen LogP contribution in [0.15, 0.2) is 29.2 Å². The Morgan fingerprint density at radius 1 is 1.24 bits per heavy atom. The molecule has 1 aliphatic heterocycles. The number of thiophene rings is 1. The minimum absolute atomic E-state index is 0.149. The Morgan fingerprint density at radius 2 is 2.00 bits per heavy atom. The second kappa shape index (κ2) is 7.94. The van der Waals surface area contributed by atoms with E-state index in [-0.39, 0.29) is 10.7 Å². The van der Waals surface area contributed by atoms with Crippen LogP contribution in [-0.2, 0) is 21.3 Å². The average molecular weight is 437 g/mol. The van der Waals surface area contributed by atoms with Crippen molar-refractivity contribution in [1.82, 2.24) is 14.9 Å². The molecular weight excluding hydrogens is 415 g/mol. The van der Waals surface area contributed by atoms with E-state index in [9.17, 15) is 12.8 Å². The molecule has 29 heavy (non-hydrogen) atoms. The lowest BCUT2D eigenvalue weighted by atomic mass is 10.2. The Morgan fingerprint density at radius 3 is 2.72 bits per heavy atom. The maximum absolute atomic E-state index is 13.5. The summed E-state index contributed by atoms with van der Waals surface area (Å²) in [6, 6.07) is 4.91. The smallest absolute Gasteiger partial charge is 0.263 e. The average Bonchev–Trinajstić information content (AvgIpc) is 2.96. The van der Waals surface area contributed by atoms with Crippen LogP contribution in [0, 0.1) is 19.7 Å². The predicted octanol–water partition coefficient (Wildman–Crippen LogP) is 3.08. The first-order chi connectivity index (χ1) is 13.8. The van der Waals surface area contributed by atoms with Gasteiger partial charge in [-0.2, -0.15) is 0 Å². The van der Waals surface area contributed by atoms with Crippen LogP contribution in [0.5, 0.6) is 0 Å². The largest absolute Gasteiger partial charge is 0.379 e. The van der Waals surface area contributed by atoms with Crippen molar-refractivity contribution >= 4 is 37.4 Å². The van der Waals surface area contributed by atoms with Gasteiger partial charge in [0.25, 0.3) is 10.0 Å². The zero-order valence-electron chi connectivity index (χ0n) is 16.1. The van der Waals surface area contributed by atoms with E-state index in [0.717, 1.165) is 34.4 Å². The van der Waals surface area contributed by atoms with Gasteiger partial charge in [0.1, 0.15) is 16.5 Å². The van der Waals surface area contributed by atoms with Crippen molar-refractivity contribution in [3.05, 3.63) is 46.3 Å². The molecule has 0 unspecified atom stereocenters. The maximum atomic E-state index is 13.5. The molecule has 1 aromatic carbocycles. The van der Waals surface area contributed by atoms with E-state index in [1.165, 1.54) is 29.5 Å². The normalized spacial score (nSPS) is 15.7. The minimum atomic E-state index is -3.99. The van der Waals surface area contributed by atoms with Crippen molar-refractivity contribution in [2.24, 2.45) is 0 Å². The molecular formula is C19H21FN4O3S2. The molecule has 0 radical (unpaired) electrons. The van der Waals surface area contributed by atoms with Gasteiger partial charge < -0.3 is 4.74 Å². The first kappa shape index (κ1) is 20.1. The van der Waals surface area contributed by atoms with Crippen molar-refractivity contribution in [1.29, 1.82) is 0 Å². The number of anilines is 1. The van der Waals surface area contributed by atoms with Crippen molar-refractivity contribution < 1.29 is 17.5 Å². The standard InChI is InChI=1S/C19H21FN4O3S2/c1-12-13(2)28-19-17(12)18(21-16(22-19)11-24-6-8-27-9-7-24)23-29(25,26)15-5-3-4-14(20)10-15/h3-5,10H,6-9,11H2,1-2H3,(H,21,22,23). The fraction of sp³-hybridized carbons (Fsp3) is 0.368. The molecule has 0 aliphatic carbocycles. The molecule has 3 aromatic rings. The van der Waals surface area contributed by atoms with Gasteiger partial charge in [0.05, 0.1) is 30.0 Å². The molecule has 7 nitrogen and oxygen atoms in total. The van der Waals surface area contributed by atoms with Crippen LogP contribution in [0.25, 0.3) is 10.2 Å². The quantitative estimate of drug-likeness (QED) is 0.662. The number of halogens is 1. The Labute approximate surface area is 172 Å². The van der Waals surface area contributed by atoms with Gasteiger partial charge >= 0.3 is 0 Å². The topological polar surface area (TPSA) is 84.4 Å². The molecule has 0 amide bonds. The van der Waals surface area contributed by atoms with Gasteiger partial charge in [0.15, 0.2) is 5.82 Å². The van der Waals surface area contributed by atoms with E-state index < -0.39 is 15.8 Å². The fourth-order valence-corrected chi connectivity index (χ4v) is 5.31. The van der Waals surface area contributed by atoms with Gasteiger partial charge in [-0.1, -0.05) is 6.07 Å². The van der Waals surface area contributed by atoms with Crippen LogP contribution in [0.1, 0.15) is 16.3 Å². The fourth-order valence-electron chi connectivity index (χ4n) is 3.22. The number of nitrogens with zero attached hydrogens (tertiary/aromatic N) is 3. The molecule has 0 atom stereocenters. The van der Waals surface area contributed by atoms with E-state index in [1.807, 2.05) is 13.8 Å². The Hall–Kier alpha value is -2.14. The molecule has 10 heteroatoms. The van der Waals surface area contributed by atoms with Crippen molar-refractivity contribution in [3.63, 3.8) is 0 Å². The van der Waals surface area contributed by atoms with E-state index >= 15 is 0 Å². The molecule has 0 spiro atoms. The third-order valence-corrected chi connectivity index (χ3v) is 7.32. The summed E-state index contributed by atoms with van der Waals surface area (Å²) in [5.74, 6) is 0.151. The molecule has 1 saturated heterocycles. The number of hydrogen-bond acceptors (Lipinski definition) is 7. The highest BCUT2D eigenvalue weighted by molar-refractivity contribution is 7.92. The molecule has 1 fully saturated rings. The SMILES string of the molecule is Cc1sc2nc(CN3CCOCC3)nc(NS(=O)(=O)c3cccc(F)c3)c2c1C. The summed E-state index contributed by atoms with van der Waals surface area (Å²) in [5, 5.41) is 0.679. The van der Waals surface area contributed by atoms with E-state index in [0.29, 0.717) is 31.0 Å². The van der Waals surface area contributed by atoms with Gasteiger partial charge in [-0.3, -0.25) is 9.62 Å². The number of fused-ring (bicyclic) bond motifs is 1. The van der Waals surface area contributed by atoms with Crippen LogP contribution in [0.3, 0.4) is 0 Å². The highest BCUT2D eigenvalue weighted by Gasteiger charge is 2.22. The number of aromatic nitrogens is 2. The van der Waals surface area contributed by atoms with Gasteiger partial charge in [-0.25, -0.2) is 22.8 Å². The number of nitrogens with one attached hydrogen (secondary N) is 1. The number of aryl methyl sites for hydroxylation is 2. The highest BCUT2D eigenvalue weighted by Crippen LogP contribution is 2.34. The van der Waals surface area contributed by atoms with Crippen molar-refractivity contribution in [3.8, 4) is 0 Å². The summed E-state index contributed by atoms with van der Waals surface area (Å²) in [6.45, 7) is 7.23. The van der Waals surface area contributed by atoms with Crippen LogP contribution < -0.4 is 4.72 Å². The van der Waals surface area contributed by atoms with Gasteiger partial charge in [0.2, 0.25) is 0 Å². The van der Waals surface area contributed by atoms with Gasteiger partial charge in [0, 0.05) is 18.0 Å². The zero-order chi connectivity index (χ0) is 20.6. The van der Waals surface area contributed by atoms with Crippen molar-refractivity contribution in [2.75, 3.05) is 31.0 Å². The summed E-state index contributed by atoms with van der Waals surface area (Å²) in [6.07, 6.45) is 0. The monoisotopic (exact) mass is 436 g/mol. The lowest BCUT2D eigenvalue weighted by Gasteiger charge is -2.25. The third kappa shape index (κ3) is 4.25. The number of sulfonamides is 1. The first-order valence-electron chi connectivity index (χ1n) is 9.18. The van der Waals surface area contributed by atoms with Gasteiger partial charge in [-0.05, 0) is 37.6 Å². The molecule has 3 heterocycles. The molecule has 4 rings (SSSR count). The number of morpholine rings is 1. The summed E-state index contributed by atoms with van der Waals surface area (Å²) < 4.78 is 47.2. The summed E-state index contributed by atoms with van der Waals surface area (Å²) in [4.78, 5) is 13.0. The van der Waals surface area contributed by atoms with E-state index in [4.69, 9.17) is 4.74 Å². The molecule has 154 valence electrons. The van der Waals surface area contributed by atoms with Gasteiger partial charge in [-0.15, -0.1) is 11.3 Å². The predicted molar refractivity (Wildman–Crippen MR) is 110 cm³/mol. The van der Waals surface area contributed by atoms with Crippen LogP contribution >= 0.6 is 11.3 Å². The molecule has 2 aromatic heterocycles. The van der Waals surface area contributed by atoms with Crippen LogP contribution in [0.4, 0.5) is 10.2 Å². The zero-order valence-corrected chi connectivity index (χ0v) is 17.7. The second-order valence-electron chi connectivity index (χ2n) is 6.90. The summed E-state index contributed by atoms with van der Waals surface area (Å²) >= 11 is 1.50. The number of rotatable bonds is 5. The first-order valence-corrected chi connectivity index (χ1v) is 11.5. The lowest BCUT2D eigenvalue weighted by molar-refractivity contribution is 0.0331. The summed E-state index contributed by atoms with van der Waals surface area (Å²) in [7, 11) is -3.99. The number of ether oxygens (including phenoxy) is 1.